The molecule has 3 rings (SSSR count). The number of amides is 1. The van der Waals surface area contributed by atoms with E-state index in [0.29, 0.717) is 11.3 Å². The van der Waals surface area contributed by atoms with Gasteiger partial charge in [0.15, 0.2) is 0 Å². The number of carbonyl (C=O) groups is 1. The van der Waals surface area contributed by atoms with Crippen LogP contribution in [0.2, 0.25) is 0 Å². The largest absolute Gasteiger partial charge is 0.349 e. The molecule has 5 nitrogen and oxygen atoms in total. The summed E-state index contributed by atoms with van der Waals surface area (Å²) in [4.78, 5) is 25.8. The predicted octanol–water partition coefficient (Wildman–Crippen LogP) is 4.58. The van der Waals surface area contributed by atoms with Crippen LogP contribution in [0, 0.1) is 0 Å². The molecule has 0 fully saturated rings. The van der Waals surface area contributed by atoms with Gasteiger partial charge in [-0.05, 0) is 32.3 Å². The summed E-state index contributed by atoms with van der Waals surface area (Å²) in [5.74, 6) is -0.404. The molecule has 0 saturated carbocycles. The molecule has 2 N–H and O–H groups in total. The Kier molecular flexibility index (Phi) is 6.39. The number of hydrogen-bond acceptors (Lipinski definition) is 3. The average Bonchev–Trinajstić information content (AvgIpc) is 2.73. The number of nitrogens with one attached hydrogen (secondary N) is 2. The summed E-state index contributed by atoms with van der Waals surface area (Å²) in [5, 5.41) is 9.73. The predicted molar refractivity (Wildman–Crippen MR) is 117 cm³/mol. The molecule has 1 aromatic heterocycles. The second-order valence-electron chi connectivity index (χ2n) is 7.25. The molecule has 2 aromatic carbocycles. The molecule has 0 aliphatic carbocycles. The zero-order chi connectivity index (χ0) is 20.8. The molecule has 0 saturated heterocycles. The SMILES string of the molecule is C=C(C)CCC(C)NC(=O)c1c(-c2ccccc2)c(-c2ccccc2)n[nH]c1=O. The Bertz CT molecular complexity index is 1060. The third kappa shape index (κ3) is 4.88. The summed E-state index contributed by atoms with van der Waals surface area (Å²) >= 11 is 0. The fraction of sp³-hybridized carbons (Fsp3) is 0.208. The van der Waals surface area contributed by atoms with Gasteiger partial charge in [-0.2, -0.15) is 5.10 Å². The molecule has 0 bridgehead atoms. The molecule has 148 valence electrons. The molecule has 0 aliphatic heterocycles. The van der Waals surface area contributed by atoms with Gasteiger partial charge in [0.05, 0.1) is 5.69 Å². The lowest BCUT2D eigenvalue weighted by Crippen LogP contribution is -2.37. The van der Waals surface area contributed by atoms with Crippen LogP contribution < -0.4 is 10.9 Å². The van der Waals surface area contributed by atoms with E-state index in [2.05, 4.69) is 22.1 Å². The number of benzene rings is 2. The van der Waals surface area contributed by atoms with Crippen LogP contribution in [-0.2, 0) is 0 Å². The highest BCUT2D eigenvalue weighted by Gasteiger charge is 2.23. The van der Waals surface area contributed by atoms with Crippen molar-refractivity contribution in [3.63, 3.8) is 0 Å². The minimum atomic E-state index is -0.506. The first-order valence-electron chi connectivity index (χ1n) is 9.66. The highest BCUT2D eigenvalue weighted by molar-refractivity contribution is 6.03. The smallest absolute Gasteiger partial charge is 0.277 e. The van der Waals surface area contributed by atoms with E-state index in [0.717, 1.165) is 29.5 Å². The minimum Gasteiger partial charge on any atom is -0.349 e. The minimum absolute atomic E-state index is 0.0761. The van der Waals surface area contributed by atoms with Crippen molar-refractivity contribution in [3.05, 3.63) is 88.7 Å². The summed E-state index contributed by atoms with van der Waals surface area (Å²) in [6.45, 7) is 7.79. The third-order valence-electron chi connectivity index (χ3n) is 4.70. The van der Waals surface area contributed by atoms with E-state index in [9.17, 15) is 9.59 Å². The van der Waals surface area contributed by atoms with Gasteiger partial charge in [0.2, 0.25) is 0 Å². The maximum absolute atomic E-state index is 13.1. The standard InChI is InChI=1S/C24H25N3O2/c1-16(2)14-15-17(3)25-23(28)21-20(18-10-6-4-7-11-18)22(26-27-24(21)29)19-12-8-5-9-13-19/h4-13,17H,1,14-15H2,2-3H3,(H,25,28)(H,27,29). The monoisotopic (exact) mass is 387 g/mol. The number of carbonyl (C=O) groups excluding carboxylic acids is 1. The van der Waals surface area contributed by atoms with Crippen molar-refractivity contribution in [1.82, 2.24) is 15.5 Å². The molecular formula is C24H25N3O2. The van der Waals surface area contributed by atoms with E-state index in [1.807, 2.05) is 74.5 Å². The van der Waals surface area contributed by atoms with Gasteiger partial charge in [-0.25, -0.2) is 5.10 Å². The van der Waals surface area contributed by atoms with Crippen molar-refractivity contribution in [2.75, 3.05) is 0 Å². The van der Waals surface area contributed by atoms with Crippen LogP contribution in [0.15, 0.2) is 77.6 Å². The number of rotatable bonds is 7. The van der Waals surface area contributed by atoms with Gasteiger partial charge in [-0.1, -0.05) is 66.2 Å². The Hall–Kier alpha value is -3.47. The van der Waals surface area contributed by atoms with Crippen LogP contribution in [0.5, 0.6) is 0 Å². The number of aromatic nitrogens is 2. The zero-order valence-corrected chi connectivity index (χ0v) is 16.7. The van der Waals surface area contributed by atoms with Crippen molar-refractivity contribution >= 4 is 5.91 Å². The van der Waals surface area contributed by atoms with Gasteiger partial charge in [-0.15, -0.1) is 6.58 Å². The lowest BCUT2D eigenvalue weighted by Gasteiger charge is -2.17. The molecule has 1 heterocycles. The quantitative estimate of drug-likeness (QED) is 0.583. The molecule has 1 unspecified atom stereocenters. The van der Waals surface area contributed by atoms with Crippen molar-refractivity contribution < 1.29 is 4.79 Å². The highest BCUT2D eigenvalue weighted by Crippen LogP contribution is 2.31. The summed E-state index contributed by atoms with van der Waals surface area (Å²) in [5.41, 5.74) is 3.32. The third-order valence-corrected chi connectivity index (χ3v) is 4.70. The van der Waals surface area contributed by atoms with Crippen LogP contribution >= 0.6 is 0 Å². The Morgan fingerprint density at radius 1 is 1.07 bits per heavy atom. The Morgan fingerprint density at radius 3 is 2.24 bits per heavy atom. The molecule has 3 aromatic rings. The second-order valence-corrected chi connectivity index (χ2v) is 7.25. The van der Waals surface area contributed by atoms with E-state index in [1.54, 1.807) is 0 Å². The lowest BCUT2D eigenvalue weighted by atomic mass is 9.95. The van der Waals surface area contributed by atoms with Crippen LogP contribution in [0.25, 0.3) is 22.4 Å². The van der Waals surface area contributed by atoms with Crippen LogP contribution in [0.1, 0.15) is 37.0 Å². The maximum atomic E-state index is 13.1. The van der Waals surface area contributed by atoms with E-state index >= 15 is 0 Å². The molecule has 1 atom stereocenters. The topological polar surface area (TPSA) is 74.8 Å². The Morgan fingerprint density at radius 2 is 1.66 bits per heavy atom. The summed E-state index contributed by atoms with van der Waals surface area (Å²) in [6.07, 6.45) is 1.57. The summed E-state index contributed by atoms with van der Waals surface area (Å²) in [7, 11) is 0. The van der Waals surface area contributed by atoms with Crippen LogP contribution in [0.3, 0.4) is 0 Å². The number of allylic oxidation sites excluding steroid dienone is 1. The van der Waals surface area contributed by atoms with Crippen molar-refractivity contribution in [2.45, 2.75) is 32.7 Å². The molecule has 5 heteroatoms. The van der Waals surface area contributed by atoms with Gasteiger partial charge < -0.3 is 5.32 Å². The van der Waals surface area contributed by atoms with E-state index in [1.165, 1.54) is 0 Å². The van der Waals surface area contributed by atoms with Gasteiger partial charge in [0.1, 0.15) is 5.56 Å². The summed E-state index contributed by atoms with van der Waals surface area (Å²) in [6, 6.07) is 18.8. The van der Waals surface area contributed by atoms with Gasteiger partial charge in [0, 0.05) is 17.2 Å². The fourth-order valence-electron chi connectivity index (χ4n) is 3.19. The average molecular weight is 387 g/mol. The molecular weight excluding hydrogens is 362 g/mol. The van der Waals surface area contributed by atoms with Crippen molar-refractivity contribution in [1.29, 1.82) is 0 Å². The molecule has 0 radical (unpaired) electrons. The fourth-order valence-corrected chi connectivity index (χ4v) is 3.19. The van der Waals surface area contributed by atoms with Crippen LogP contribution in [0.4, 0.5) is 0 Å². The number of H-pyrrole nitrogens is 1. The van der Waals surface area contributed by atoms with E-state index < -0.39 is 11.5 Å². The van der Waals surface area contributed by atoms with Crippen molar-refractivity contribution in [3.8, 4) is 22.4 Å². The first-order chi connectivity index (χ1) is 14.0. The van der Waals surface area contributed by atoms with Gasteiger partial charge >= 0.3 is 0 Å². The number of nitrogens with zero attached hydrogens (tertiary/aromatic N) is 1. The second kappa shape index (κ2) is 9.15. The maximum Gasteiger partial charge on any atom is 0.277 e. The molecule has 0 aliphatic rings. The first kappa shape index (κ1) is 20.3. The highest BCUT2D eigenvalue weighted by atomic mass is 16.2. The van der Waals surface area contributed by atoms with E-state index in [-0.39, 0.29) is 11.6 Å². The number of aromatic amines is 1. The van der Waals surface area contributed by atoms with Gasteiger partial charge in [0.25, 0.3) is 11.5 Å². The van der Waals surface area contributed by atoms with Crippen LogP contribution in [-0.4, -0.2) is 22.1 Å². The first-order valence-corrected chi connectivity index (χ1v) is 9.66. The lowest BCUT2D eigenvalue weighted by molar-refractivity contribution is 0.0937. The molecule has 1 amide bonds. The molecule has 0 spiro atoms. The number of hydrogen-bond donors (Lipinski definition) is 2. The van der Waals surface area contributed by atoms with Gasteiger partial charge in [-0.3, -0.25) is 9.59 Å². The normalized spacial score (nSPS) is 11.7. The Balaban J connectivity index is 2.10. The summed E-state index contributed by atoms with van der Waals surface area (Å²) < 4.78 is 0. The zero-order valence-electron chi connectivity index (χ0n) is 16.7. The Labute approximate surface area is 170 Å². The molecule has 29 heavy (non-hydrogen) atoms. The van der Waals surface area contributed by atoms with Crippen molar-refractivity contribution in [2.24, 2.45) is 0 Å². The van der Waals surface area contributed by atoms with E-state index in [4.69, 9.17) is 0 Å².